The normalized spacial score (nSPS) is 19.1. The predicted octanol–water partition coefficient (Wildman–Crippen LogP) is 4.30. The third kappa shape index (κ3) is 5.46. The first-order valence-corrected chi connectivity index (χ1v) is 8.91. The van der Waals surface area contributed by atoms with E-state index in [0.29, 0.717) is 12.2 Å². The molecule has 0 aliphatic heterocycles. The van der Waals surface area contributed by atoms with Gasteiger partial charge < -0.3 is 8.85 Å². The Bertz CT molecular complexity index is 161. The van der Waals surface area contributed by atoms with Crippen LogP contribution in [-0.2, 0) is 8.85 Å². The van der Waals surface area contributed by atoms with E-state index in [1.165, 1.54) is 0 Å². The molecule has 0 saturated heterocycles. The van der Waals surface area contributed by atoms with Crippen molar-refractivity contribution in [1.82, 2.24) is 0 Å². The highest BCUT2D eigenvalue weighted by Gasteiger charge is 2.37. The number of hydrogen-bond acceptors (Lipinski definition) is 2. The van der Waals surface area contributed by atoms with Gasteiger partial charge in [0.2, 0.25) is 0 Å². The molecule has 0 rings (SSSR count). The zero-order chi connectivity index (χ0) is 12.6. The Morgan fingerprint density at radius 2 is 1.44 bits per heavy atom. The van der Waals surface area contributed by atoms with E-state index in [1.54, 1.807) is 0 Å². The van der Waals surface area contributed by atoms with Crippen LogP contribution in [0, 0.1) is 6.92 Å². The molecule has 16 heavy (non-hydrogen) atoms. The number of hydrogen-bond donors (Lipinski definition) is 0. The van der Waals surface area contributed by atoms with Crippen LogP contribution in [-0.4, -0.2) is 20.8 Å². The van der Waals surface area contributed by atoms with Crippen LogP contribution in [0.4, 0.5) is 0 Å². The summed E-state index contributed by atoms with van der Waals surface area (Å²) in [5.41, 5.74) is 0. The fraction of sp³-hybridized carbons (Fsp3) is 0.923. The van der Waals surface area contributed by atoms with Gasteiger partial charge in [-0.15, -0.1) is 0 Å². The predicted molar refractivity (Wildman–Crippen MR) is 72.7 cm³/mol. The maximum atomic E-state index is 6.23. The molecule has 0 aliphatic rings. The Morgan fingerprint density at radius 3 is 1.69 bits per heavy atom. The Kier molecular flexibility index (Phi) is 8.33. The van der Waals surface area contributed by atoms with Crippen LogP contribution >= 0.6 is 0 Å². The summed E-state index contributed by atoms with van der Waals surface area (Å²) >= 11 is 0. The molecule has 3 heteroatoms. The van der Waals surface area contributed by atoms with Crippen molar-refractivity contribution in [3.05, 3.63) is 6.92 Å². The van der Waals surface area contributed by atoms with Crippen molar-refractivity contribution in [2.75, 3.05) is 0 Å². The molecule has 0 fully saturated rings. The zero-order valence-electron chi connectivity index (χ0n) is 11.7. The van der Waals surface area contributed by atoms with Crippen LogP contribution in [0.3, 0.4) is 0 Å². The van der Waals surface area contributed by atoms with Gasteiger partial charge in [-0.25, -0.2) is 0 Å². The molecular formula is C13H29O2Si. The minimum atomic E-state index is -2.00. The second kappa shape index (κ2) is 8.26. The summed E-state index contributed by atoms with van der Waals surface area (Å²) < 4.78 is 12.5. The lowest BCUT2D eigenvalue weighted by Crippen LogP contribution is -2.46. The van der Waals surface area contributed by atoms with E-state index in [1.807, 2.05) is 0 Å². The average Bonchev–Trinajstić information content (AvgIpc) is 2.28. The molecule has 0 heterocycles. The van der Waals surface area contributed by atoms with Crippen molar-refractivity contribution in [2.45, 2.75) is 78.2 Å². The van der Waals surface area contributed by atoms with Crippen molar-refractivity contribution < 1.29 is 8.85 Å². The van der Waals surface area contributed by atoms with E-state index in [4.69, 9.17) is 8.85 Å². The standard InChI is InChI=1S/C13H29O2Si/c1-7-11-16(10-4,14-12(5)8-2)15-13(6)9-3/h12-13H,1,7-11H2,2-6H3. The van der Waals surface area contributed by atoms with Gasteiger partial charge >= 0.3 is 8.56 Å². The molecule has 1 radical (unpaired) electrons. The van der Waals surface area contributed by atoms with Gasteiger partial charge in [-0.2, -0.15) is 0 Å². The Labute approximate surface area is 103 Å². The minimum absolute atomic E-state index is 0.308. The monoisotopic (exact) mass is 245 g/mol. The van der Waals surface area contributed by atoms with Gasteiger partial charge in [-0.05, 0) is 38.8 Å². The Balaban J connectivity index is 4.55. The fourth-order valence-electron chi connectivity index (χ4n) is 1.66. The quantitative estimate of drug-likeness (QED) is 0.564. The molecule has 0 aromatic heterocycles. The van der Waals surface area contributed by atoms with Crippen molar-refractivity contribution in [3.8, 4) is 0 Å². The maximum Gasteiger partial charge on any atom is 0.338 e. The Morgan fingerprint density at radius 1 is 1.00 bits per heavy atom. The first-order chi connectivity index (χ1) is 7.53. The summed E-state index contributed by atoms with van der Waals surface area (Å²) in [5, 5.41) is 0. The fourth-order valence-corrected chi connectivity index (χ4v) is 4.98. The molecule has 0 bridgehead atoms. The van der Waals surface area contributed by atoms with E-state index in [-0.39, 0.29) is 0 Å². The third-order valence-corrected chi connectivity index (χ3v) is 6.93. The van der Waals surface area contributed by atoms with Crippen LogP contribution in [0.1, 0.15) is 53.9 Å². The van der Waals surface area contributed by atoms with Gasteiger partial charge in [0.15, 0.2) is 0 Å². The Hall–Kier alpha value is 0.137. The summed E-state index contributed by atoms with van der Waals surface area (Å²) in [6.45, 7) is 14.7. The average molecular weight is 245 g/mol. The lowest BCUT2D eigenvalue weighted by Gasteiger charge is -2.34. The minimum Gasteiger partial charge on any atom is -0.391 e. The largest absolute Gasteiger partial charge is 0.391 e. The van der Waals surface area contributed by atoms with Gasteiger partial charge in [0, 0.05) is 12.2 Å². The highest BCUT2D eigenvalue weighted by Crippen LogP contribution is 2.25. The van der Waals surface area contributed by atoms with Crippen molar-refractivity contribution >= 4 is 8.56 Å². The first-order valence-electron chi connectivity index (χ1n) is 6.68. The van der Waals surface area contributed by atoms with Crippen LogP contribution in [0.15, 0.2) is 0 Å². The molecule has 0 aromatic rings. The summed E-state index contributed by atoms with van der Waals surface area (Å²) in [4.78, 5) is 0. The summed E-state index contributed by atoms with van der Waals surface area (Å²) in [5.74, 6) is 0. The van der Waals surface area contributed by atoms with Crippen molar-refractivity contribution in [3.63, 3.8) is 0 Å². The van der Waals surface area contributed by atoms with Crippen LogP contribution in [0.2, 0.25) is 12.1 Å². The van der Waals surface area contributed by atoms with Crippen LogP contribution in [0.25, 0.3) is 0 Å². The van der Waals surface area contributed by atoms with E-state index in [2.05, 4.69) is 41.5 Å². The van der Waals surface area contributed by atoms with Gasteiger partial charge in [-0.3, -0.25) is 0 Å². The molecule has 97 valence electrons. The highest BCUT2D eigenvalue weighted by molar-refractivity contribution is 6.67. The SMILES string of the molecule is [CH2]CC[Si](CC)(OC(C)CC)OC(C)CC. The first kappa shape index (κ1) is 16.1. The second-order valence-electron chi connectivity index (χ2n) is 4.54. The highest BCUT2D eigenvalue weighted by atomic mass is 28.4. The molecule has 0 spiro atoms. The molecule has 2 atom stereocenters. The van der Waals surface area contributed by atoms with Crippen LogP contribution in [0.5, 0.6) is 0 Å². The van der Waals surface area contributed by atoms with Gasteiger partial charge in [0.25, 0.3) is 0 Å². The van der Waals surface area contributed by atoms with E-state index in [0.717, 1.165) is 31.4 Å². The second-order valence-corrected chi connectivity index (χ2v) is 8.04. The molecule has 0 amide bonds. The topological polar surface area (TPSA) is 18.5 Å². The molecule has 2 nitrogen and oxygen atoms in total. The molecule has 0 aromatic carbocycles. The van der Waals surface area contributed by atoms with Crippen LogP contribution < -0.4 is 0 Å². The van der Waals surface area contributed by atoms with E-state index in [9.17, 15) is 0 Å². The summed E-state index contributed by atoms with van der Waals surface area (Å²) in [6, 6.07) is 2.04. The maximum absolute atomic E-state index is 6.23. The lowest BCUT2D eigenvalue weighted by atomic mass is 10.3. The van der Waals surface area contributed by atoms with Crippen molar-refractivity contribution in [1.29, 1.82) is 0 Å². The van der Waals surface area contributed by atoms with Gasteiger partial charge in [0.05, 0.1) is 0 Å². The van der Waals surface area contributed by atoms with Crippen molar-refractivity contribution in [2.24, 2.45) is 0 Å². The third-order valence-electron chi connectivity index (χ3n) is 3.08. The smallest absolute Gasteiger partial charge is 0.338 e. The van der Waals surface area contributed by atoms with E-state index >= 15 is 0 Å². The lowest BCUT2D eigenvalue weighted by molar-refractivity contribution is 0.0874. The van der Waals surface area contributed by atoms with Gasteiger partial charge in [-0.1, -0.05) is 34.1 Å². The van der Waals surface area contributed by atoms with E-state index < -0.39 is 8.56 Å². The summed E-state index contributed by atoms with van der Waals surface area (Å²) in [7, 11) is -2.00. The summed E-state index contributed by atoms with van der Waals surface area (Å²) in [6.07, 6.45) is 3.63. The molecule has 0 saturated carbocycles. The molecular weight excluding hydrogens is 216 g/mol. The number of rotatable bonds is 9. The molecule has 0 N–H and O–H groups in total. The molecule has 0 aliphatic carbocycles. The zero-order valence-corrected chi connectivity index (χ0v) is 12.7. The molecule has 2 unspecified atom stereocenters. The van der Waals surface area contributed by atoms with Gasteiger partial charge in [0.1, 0.15) is 0 Å².